The van der Waals surface area contributed by atoms with Gasteiger partial charge < -0.3 is 5.11 Å². The molecular formula is C23H15N3O5. The highest BCUT2D eigenvalue weighted by atomic mass is 16.6. The van der Waals surface area contributed by atoms with Crippen LogP contribution in [-0.4, -0.2) is 25.6 Å². The number of carboxylic acids is 1. The van der Waals surface area contributed by atoms with Crippen molar-refractivity contribution in [3.8, 4) is 5.69 Å². The fourth-order valence-corrected chi connectivity index (χ4v) is 3.20. The Hall–Kier alpha value is -4.59. The summed E-state index contributed by atoms with van der Waals surface area (Å²) in [6.45, 7) is 0. The molecule has 0 radical (unpaired) electrons. The third-order valence-electron chi connectivity index (χ3n) is 4.66. The maximum atomic E-state index is 13.2. The Morgan fingerprint density at radius 1 is 1.00 bits per heavy atom. The first-order valence-corrected chi connectivity index (χ1v) is 9.22. The molecule has 0 spiro atoms. The number of carbonyl (C=O) groups is 1. The minimum Gasteiger partial charge on any atom is -0.478 e. The molecule has 3 aromatic carbocycles. The van der Waals surface area contributed by atoms with Crippen molar-refractivity contribution >= 4 is 34.7 Å². The van der Waals surface area contributed by atoms with Gasteiger partial charge in [0.2, 0.25) is 0 Å². The summed E-state index contributed by atoms with van der Waals surface area (Å²) in [6, 6.07) is 18.9. The summed E-state index contributed by atoms with van der Waals surface area (Å²) in [6.07, 6.45) is 3.18. The Balaban J connectivity index is 1.92. The minimum atomic E-state index is -1.11. The van der Waals surface area contributed by atoms with Gasteiger partial charge in [-0.3, -0.25) is 19.5 Å². The topological polar surface area (TPSA) is 115 Å². The first-order chi connectivity index (χ1) is 14.9. The Morgan fingerprint density at radius 2 is 1.77 bits per heavy atom. The van der Waals surface area contributed by atoms with E-state index in [0.717, 1.165) is 0 Å². The van der Waals surface area contributed by atoms with Gasteiger partial charge in [0.05, 0.1) is 27.1 Å². The monoisotopic (exact) mass is 413 g/mol. The number of nitro benzene ring substituents is 1. The SMILES string of the molecule is O=C(O)c1cccc(-n2c(/C=C/c3cccc([N+](=O)[O-])c3)nc3ccccc3c2=O)c1. The van der Waals surface area contributed by atoms with E-state index in [9.17, 15) is 24.8 Å². The van der Waals surface area contributed by atoms with Crippen molar-refractivity contribution in [3.63, 3.8) is 0 Å². The largest absolute Gasteiger partial charge is 0.478 e. The van der Waals surface area contributed by atoms with E-state index >= 15 is 0 Å². The Labute approximate surface area is 175 Å². The summed E-state index contributed by atoms with van der Waals surface area (Å²) in [5, 5.41) is 20.7. The molecule has 0 saturated carbocycles. The van der Waals surface area contributed by atoms with Gasteiger partial charge in [0.25, 0.3) is 11.2 Å². The van der Waals surface area contributed by atoms with E-state index in [0.29, 0.717) is 22.2 Å². The zero-order valence-corrected chi connectivity index (χ0v) is 16.0. The molecule has 0 saturated heterocycles. The molecule has 1 N–H and O–H groups in total. The maximum absolute atomic E-state index is 13.2. The number of aromatic nitrogens is 2. The highest BCUT2D eigenvalue weighted by Crippen LogP contribution is 2.18. The van der Waals surface area contributed by atoms with Crippen LogP contribution in [0.25, 0.3) is 28.7 Å². The number of para-hydroxylation sites is 1. The molecule has 0 aliphatic carbocycles. The molecule has 0 amide bonds. The maximum Gasteiger partial charge on any atom is 0.335 e. The van der Waals surface area contributed by atoms with E-state index in [-0.39, 0.29) is 22.6 Å². The molecule has 31 heavy (non-hydrogen) atoms. The Morgan fingerprint density at radius 3 is 2.55 bits per heavy atom. The van der Waals surface area contributed by atoms with Crippen LogP contribution in [0.1, 0.15) is 21.7 Å². The van der Waals surface area contributed by atoms with Gasteiger partial charge in [0, 0.05) is 12.1 Å². The molecular weight excluding hydrogens is 398 g/mol. The fourth-order valence-electron chi connectivity index (χ4n) is 3.20. The predicted octanol–water partition coefficient (Wildman–Crippen LogP) is 4.16. The Bertz CT molecular complexity index is 1420. The number of rotatable bonds is 5. The van der Waals surface area contributed by atoms with E-state index in [1.54, 1.807) is 60.7 Å². The number of hydrogen-bond donors (Lipinski definition) is 1. The zero-order chi connectivity index (χ0) is 22.0. The molecule has 4 rings (SSSR count). The molecule has 0 atom stereocenters. The van der Waals surface area contributed by atoms with Crippen LogP contribution < -0.4 is 5.56 Å². The van der Waals surface area contributed by atoms with E-state index in [1.165, 1.54) is 28.8 Å². The number of carboxylic acid groups (broad SMARTS) is 1. The third-order valence-corrected chi connectivity index (χ3v) is 4.66. The summed E-state index contributed by atoms with van der Waals surface area (Å²) in [4.78, 5) is 39.7. The van der Waals surface area contributed by atoms with Crippen molar-refractivity contribution < 1.29 is 14.8 Å². The van der Waals surface area contributed by atoms with Crippen LogP contribution in [0.5, 0.6) is 0 Å². The van der Waals surface area contributed by atoms with Crippen molar-refractivity contribution in [3.05, 3.63) is 110 Å². The van der Waals surface area contributed by atoms with Crippen LogP contribution in [0.3, 0.4) is 0 Å². The smallest absolute Gasteiger partial charge is 0.335 e. The lowest BCUT2D eigenvalue weighted by molar-refractivity contribution is -0.384. The molecule has 1 heterocycles. The van der Waals surface area contributed by atoms with Gasteiger partial charge in [-0.25, -0.2) is 9.78 Å². The van der Waals surface area contributed by atoms with Crippen LogP contribution >= 0.6 is 0 Å². The molecule has 4 aromatic rings. The average Bonchev–Trinajstić information content (AvgIpc) is 2.78. The summed E-state index contributed by atoms with van der Waals surface area (Å²) >= 11 is 0. The van der Waals surface area contributed by atoms with Gasteiger partial charge >= 0.3 is 5.97 Å². The molecule has 0 fully saturated rings. The first-order valence-electron chi connectivity index (χ1n) is 9.22. The van der Waals surface area contributed by atoms with Crippen molar-refractivity contribution in [2.24, 2.45) is 0 Å². The number of benzene rings is 3. The molecule has 0 bridgehead atoms. The van der Waals surface area contributed by atoms with Crippen LogP contribution in [0, 0.1) is 10.1 Å². The molecule has 1 aromatic heterocycles. The highest BCUT2D eigenvalue weighted by Gasteiger charge is 2.13. The van der Waals surface area contributed by atoms with Crippen molar-refractivity contribution in [2.45, 2.75) is 0 Å². The minimum absolute atomic E-state index is 0.0335. The number of non-ortho nitro benzene ring substituents is 1. The summed E-state index contributed by atoms with van der Waals surface area (Å²) in [5.41, 5.74) is 1.01. The fraction of sp³-hybridized carbons (Fsp3) is 0. The van der Waals surface area contributed by atoms with E-state index in [2.05, 4.69) is 4.98 Å². The van der Waals surface area contributed by atoms with Crippen molar-refractivity contribution in [1.82, 2.24) is 9.55 Å². The second-order valence-electron chi connectivity index (χ2n) is 6.67. The third kappa shape index (κ3) is 3.95. The summed E-state index contributed by atoms with van der Waals surface area (Å²) < 4.78 is 1.32. The second kappa shape index (κ2) is 8.03. The molecule has 8 nitrogen and oxygen atoms in total. The molecule has 0 unspecified atom stereocenters. The predicted molar refractivity (Wildman–Crippen MR) is 116 cm³/mol. The van der Waals surface area contributed by atoms with E-state index < -0.39 is 10.9 Å². The quantitative estimate of drug-likeness (QED) is 0.388. The number of aromatic carboxylic acids is 1. The summed E-state index contributed by atoms with van der Waals surface area (Å²) in [5.74, 6) is -0.852. The molecule has 0 aliphatic rings. The highest BCUT2D eigenvalue weighted by molar-refractivity contribution is 5.88. The standard InChI is InChI=1S/C23H15N3O5/c27-22-19-9-1-2-10-20(19)24-21(12-11-15-5-3-8-18(13-15)26(30)31)25(22)17-7-4-6-16(14-17)23(28)29/h1-14H,(H,28,29)/b12-11+. The van der Waals surface area contributed by atoms with E-state index in [1.807, 2.05) is 0 Å². The number of fused-ring (bicyclic) bond motifs is 1. The lowest BCUT2D eigenvalue weighted by Gasteiger charge is -2.12. The van der Waals surface area contributed by atoms with Gasteiger partial charge in [0.15, 0.2) is 0 Å². The van der Waals surface area contributed by atoms with Gasteiger partial charge in [-0.1, -0.05) is 36.4 Å². The van der Waals surface area contributed by atoms with Crippen LogP contribution in [0.15, 0.2) is 77.6 Å². The zero-order valence-electron chi connectivity index (χ0n) is 16.0. The normalized spacial score (nSPS) is 11.1. The molecule has 0 aliphatic heterocycles. The van der Waals surface area contributed by atoms with Crippen molar-refractivity contribution in [1.29, 1.82) is 0 Å². The van der Waals surface area contributed by atoms with Crippen LogP contribution in [-0.2, 0) is 0 Å². The molecule has 152 valence electrons. The van der Waals surface area contributed by atoms with Gasteiger partial charge in [-0.15, -0.1) is 0 Å². The second-order valence-corrected chi connectivity index (χ2v) is 6.67. The van der Waals surface area contributed by atoms with Crippen LogP contribution in [0.2, 0.25) is 0 Å². The number of hydrogen-bond acceptors (Lipinski definition) is 5. The summed E-state index contributed by atoms with van der Waals surface area (Å²) in [7, 11) is 0. The van der Waals surface area contributed by atoms with Gasteiger partial charge in [0.1, 0.15) is 5.82 Å². The van der Waals surface area contributed by atoms with Crippen LogP contribution in [0.4, 0.5) is 5.69 Å². The van der Waals surface area contributed by atoms with E-state index in [4.69, 9.17) is 0 Å². The first kappa shape index (κ1) is 19.7. The molecule has 8 heteroatoms. The number of nitrogens with zero attached hydrogens (tertiary/aromatic N) is 3. The van der Waals surface area contributed by atoms with Gasteiger partial charge in [-0.2, -0.15) is 0 Å². The van der Waals surface area contributed by atoms with Crippen molar-refractivity contribution in [2.75, 3.05) is 0 Å². The Kier molecular flexibility index (Phi) is 5.11. The lowest BCUT2D eigenvalue weighted by atomic mass is 10.1. The van der Waals surface area contributed by atoms with Gasteiger partial charge in [-0.05, 0) is 42.0 Å². The average molecular weight is 413 g/mol. The number of nitro groups is 1. The lowest BCUT2D eigenvalue weighted by Crippen LogP contribution is -2.22.